The van der Waals surface area contributed by atoms with Gasteiger partial charge in [0.05, 0.1) is 19.2 Å². The van der Waals surface area contributed by atoms with Crippen LogP contribution in [0.1, 0.15) is 16.3 Å². The number of pyridine rings is 1. The molecule has 0 radical (unpaired) electrons. The number of amides is 1. The summed E-state index contributed by atoms with van der Waals surface area (Å²) in [6.07, 6.45) is 1.79. The molecule has 0 fully saturated rings. The quantitative estimate of drug-likeness (QED) is 0.689. The first kappa shape index (κ1) is 17.9. The van der Waals surface area contributed by atoms with Gasteiger partial charge in [-0.15, -0.1) is 11.3 Å². The minimum absolute atomic E-state index is 0.174. The Hall–Kier alpha value is -2.93. The van der Waals surface area contributed by atoms with Crippen LogP contribution in [0.3, 0.4) is 0 Å². The molecule has 2 aromatic heterocycles. The summed E-state index contributed by atoms with van der Waals surface area (Å²) in [7, 11) is 1.51. The average Bonchev–Trinajstić information content (AvgIpc) is 3.09. The molecule has 1 amide bonds. The number of hydrogen-bond donors (Lipinski definition) is 1. The highest BCUT2D eigenvalue weighted by molar-refractivity contribution is 7.09. The van der Waals surface area contributed by atoms with Crippen LogP contribution in [0.5, 0.6) is 11.6 Å². The lowest BCUT2D eigenvalue weighted by atomic mass is 10.2. The van der Waals surface area contributed by atoms with Gasteiger partial charge in [-0.2, -0.15) is 0 Å². The van der Waals surface area contributed by atoms with Crippen molar-refractivity contribution < 1.29 is 14.3 Å². The first-order chi connectivity index (χ1) is 12.6. The summed E-state index contributed by atoms with van der Waals surface area (Å²) in [4.78, 5) is 20.7. The third kappa shape index (κ3) is 4.80. The standard InChI is InChI=1S/C19H19N3O3S/c1-13-5-7-15(8-6-13)25-11-18-21-14(12-26-18)10-17(23)22-16-4-3-9-20-19(16)24-2/h3-9,12H,10-11H2,1-2H3,(H,22,23). The van der Waals surface area contributed by atoms with Gasteiger partial charge >= 0.3 is 0 Å². The van der Waals surface area contributed by atoms with Gasteiger partial charge in [0, 0.05) is 11.6 Å². The van der Waals surface area contributed by atoms with Gasteiger partial charge in [0.25, 0.3) is 0 Å². The van der Waals surface area contributed by atoms with E-state index in [0.717, 1.165) is 10.8 Å². The van der Waals surface area contributed by atoms with Gasteiger partial charge in [-0.05, 0) is 31.2 Å². The van der Waals surface area contributed by atoms with E-state index in [1.807, 2.05) is 36.6 Å². The van der Waals surface area contributed by atoms with Crippen LogP contribution in [-0.2, 0) is 17.8 Å². The molecule has 1 aromatic carbocycles. The number of methoxy groups -OCH3 is 1. The Bertz CT molecular complexity index is 878. The molecular weight excluding hydrogens is 350 g/mol. The van der Waals surface area contributed by atoms with Crippen molar-refractivity contribution in [3.63, 3.8) is 0 Å². The predicted molar refractivity (Wildman–Crippen MR) is 101 cm³/mol. The summed E-state index contributed by atoms with van der Waals surface area (Å²) in [5.74, 6) is 1.01. The van der Waals surface area contributed by atoms with Crippen LogP contribution >= 0.6 is 11.3 Å². The summed E-state index contributed by atoms with van der Waals surface area (Å²) in [5, 5.41) is 5.48. The van der Waals surface area contributed by atoms with E-state index < -0.39 is 0 Å². The van der Waals surface area contributed by atoms with Crippen LogP contribution in [-0.4, -0.2) is 23.0 Å². The average molecular weight is 369 g/mol. The summed E-state index contributed by atoms with van der Waals surface area (Å²) in [5.41, 5.74) is 2.43. The lowest BCUT2D eigenvalue weighted by Gasteiger charge is -2.07. The normalized spacial score (nSPS) is 10.4. The molecule has 0 atom stereocenters. The zero-order chi connectivity index (χ0) is 18.4. The molecule has 2 heterocycles. The van der Waals surface area contributed by atoms with Crippen molar-refractivity contribution in [2.75, 3.05) is 12.4 Å². The molecule has 0 saturated heterocycles. The molecular formula is C19H19N3O3S. The Morgan fingerprint density at radius 3 is 2.81 bits per heavy atom. The molecule has 134 valence electrons. The molecule has 0 aliphatic heterocycles. The van der Waals surface area contributed by atoms with Crippen molar-refractivity contribution in [1.29, 1.82) is 0 Å². The number of ether oxygens (including phenoxy) is 2. The Labute approximate surface area is 155 Å². The van der Waals surface area contributed by atoms with E-state index in [1.54, 1.807) is 18.3 Å². The molecule has 0 saturated carbocycles. The summed E-state index contributed by atoms with van der Waals surface area (Å²) >= 11 is 1.47. The second kappa shape index (κ2) is 8.44. The molecule has 1 N–H and O–H groups in total. The first-order valence-corrected chi connectivity index (χ1v) is 8.93. The van der Waals surface area contributed by atoms with Crippen LogP contribution < -0.4 is 14.8 Å². The smallest absolute Gasteiger partial charge is 0.237 e. The van der Waals surface area contributed by atoms with Gasteiger partial charge in [-0.3, -0.25) is 4.79 Å². The molecule has 3 aromatic rings. The number of hydrogen-bond acceptors (Lipinski definition) is 6. The largest absolute Gasteiger partial charge is 0.486 e. The van der Waals surface area contributed by atoms with E-state index >= 15 is 0 Å². The lowest BCUT2D eigenvalue weighted by Crippen LogP contribution is -2.15. The van der Waals surface area contributed by atoms with Crippen LogP contribution in [0.4, 0.5) is 5.69 Å². The van der Waals surface area contributed by atoms with Gasteiger partial charge in [0.2, 0.25) is 11.8 Å². The number of anilines is 1. The second-order valence-corrected chi connectivity index (χ2v) is 6.56. The van der Waals surface area contributed by atoms with E-state index in [-0.39, 0.29) is 12.3 Å². The van der Waals surface area contributed by atoms with Crippen LogP contribution in [0.25, 0.3) is 0 Å². The molecule has 0 spiro atoms. The molecule has 0 unspecified atom stereocenters. The second-order valence-electron chi connectivity index (χ2n) is 5.62. The molecule has 26 heavy (non-hydrogen) atoms. The lowest BCUT2D eigenvalue weighted by molar-refractivity contribution is -0.115. The summed E-state index contributed by atoms with van der Waals surface area (Å²) < 4.78 is 10.8. The van der Waals surface area contributed by atoms with Crippen molar-refractivity contribution in [3.8, 4) is 11.6 Å². The zero-order valence-electron chi connectivity index (χ0n) is 14.6. The maximum Gasteiger partial charge on any atom is 0.237 e. The van der Waals surface area contributed by atoms with E-state index in [2.05, 4.69) is 15.3 Å². The first-order valence-electron chi connectivity index (χ1n) is 8.05. The minimum Gasteiger partial charge on any atom is -0.486 e. The Balaban J connectivity index is 1.54. The number of aromatic nitrogens is 2. The van der Waals surface area contributed by atoms with Crippen molar-refractivity contribution in [3.05, 3.63) is 64.2 Å². The number of nitrogens with zero attached hydrogens (tertiary/aromatic N) is 2. The SMILES string of the molecule is COc1ncccc1NC(=O)Cc1csc(COc2ccc(C)cc2)n1. The number of nitrogens with one attached hydrogen (secondary N) is 1. The van der Waals surface area contributed by atoms with E-state index in [9.17, 15) is 4.79 Å². The topological polar surface area (TPSA) is 73.3 Å². The highest BCUT2D eigenvalue weighted by Gasteiger charge is 2.11. The number of carbonyl (C=O) groups is 1. The predicted octanol–water partition coefficient (Wildman–Crippen LogP) is 3.62. The number of thiazole rings is 1. The maximum atomic E-state index is 12.2. The number of carbonyl (C=O) groups excluding carboxylic acids is 1. The maximum absolute atomic E-state index is 12.2. The molecule has 7 heteroatoms. The van der Waals surface area contributed by atoms with Crippen molar-refractivity contribution >= 4 is 22.9 Å². The fourth-order valence-corrected chi connectivity index (χ4v) is 2.99. The van der Waals surface area contributed by atoms with Crippen molar-refractivity contribution in [2.24, 2.45) is 0 Å². The Kier molecular flexibility index (Phi) is 5.80. The van der Waals surface area contributed by atoms with E-state index in [4.69, 9.17) is 9.47 Å². The van der Waals surface area contributed by atoms with E-state index in [0.29, 0.717) is 23.9 Å². The Morgan fingerprint density at radius 1 is 1.23 bits per heavy atom. The van der Waals surface area contributed by atoms with Gasteiger partial charge in [0.1, 0.15) is 23.1 Å². The van der Waals surface area contributed by atoms with Gasteiger partial charge < -0.3 is 14.8 Å². The van der Waals surface area contributed by atoms with Crippen molar-refractivity contribution in [2.45, 2.75) is 20.0 Å². The Morgan fingerprint density at radius 2 is 2.04 bits per heavy atom. The molecule has 0 bridgehead atoms. The molecule has 0 aliphatic carbocycles. The van der Waals surface area contributed by atoms with Gasteiger partial charge in [-0.25, -0.2) is 9.97 Å². The third-order valence-corrected chi connectivity index (χ3v) is 4.43. The van der Waals surface area contributed by atoms with Gasteiger partial charge in [0.15, 0.2) is 0 Å². The number of aryl methyl sites for hydroxylation is 1. The van der Waals surface area contributed by atoms with E-state index in [1.165, 1.54) is 24.0 Å². The van der Waals surface area contributed by atoms with Crippen molar-refractivity contribution in [1.82, 2.24) is 9.97 Å². The number of rotatable bonds is 7. The fourth-order valence-electron chi connectivity index (χ4n) is 2.28. The van der Waals surface area contributed by atoms with Gasteiger partial charge in [-0.1, -0.05) is 17.7 Å². The van der Waals surface area contributed by atoms with Crippen LogP contribution in [0, 0.1) is 6.92 Å². The molecule has 3 rings (SSSR count). The molecule has 0 aliphatic rings. The van der Waals surface area contributed by atoms with Crippen LogP contribution in [0.2, 0.25) is 0 Å². The zero-order valence-corrected chi connectivity index (χ0v) is 15.4. The number of benzene rings is 1. The van der Waals surface area contributed by atoms with Crippen LogP contribution in [0.15, 0.2) is 48.0 Å². The molecule has 6 nitrogen and oxygen atoms in total. The third-order valence-electron chi connectivity index (χ3n) is 3.56. The summed E-state index contributed by atoms with van der Waals surface area (Å²) in [6.45, 7) is 2.41. The summed E-state index contributed by atoms with van der Waals surface area (Å²) in [6, 6.07) is 11.3. The highest BCUT2D eigenvalue weighted by Crippen LogP contribution is 2.20. The minimum atomic E-state index is -0.174. The highest BCUT2D eigenvalue weighted by atomic mass is 32.1. The monoisotopic (exact) mass is 369 g/mol. The fraction of sp³-hybridized carbons (Fsp3) is 0.211.